The molecule has 2 aromatic heterocycles. The highest BCUT2D eigenvalue weighted by Gasteiger charge is 2.28. The number of amides is 2. The summed E-state index contributed by atoms with van der Waals surface area (Å²) in [4.78, 5) is 38.7. The molecule has 1 fully saturated rings. The summed E-state index contributed by atoms with van der Waals surface area (Å²) >= 11 is 0. The van der Waals surface area contributed by atoms with E-state index in [4.69, 9.17) is 4.74 Å². The zero-order valence-electron chi connectivity index (χ0n) is 15.8. The van der Waals surface area contributed by atoms with Gasteiger partial charge in [-0.25, -0.2) is 15.0 Å². The Morgan fingerprint density at radius 2 is 2.19 bits per heavy atom. The highest BCUT2D eigenvalue weighted by atomic mass is 16.5. The molecular formula is C17H25N7O3. The molecule has 0 bridgehead atoms. The Hall–Kier alpha value is -2.75. The van der Waals surface area contributed by atoms with E-state index < -0.39 is 6.04 Å². The lowest BCUT2D eigenvalue weighted by Gasteiger charge is -2.36. The number of imidazole rings is 1. The summed E-state index contributed by atoms with van der Waals surface area (Å²) in [7, 11) is 0. The maximum atomic E-state index is 12.2. The molecule has 3 heterocycles. The molecule has 2 aromatic rings. The lowest BCUT2D eigenvalue weighted by molar-refractivity contribution is -0.127. The second-order valence-corrected chi connectivity index (χ2v) is 6.49. The van der Waals surface area contributed by atoms with Gasteiger partial charge in [-0.15, -0.1) is 0 Å². The number of nitrogens with zero attached hydrogens (tertiary/aromatic N) is 5. The fourth-order valence-electron chi connectivity index (χ4n) is 3.15. The van der Waals surface area contributed by atoms with Crippen LogP contribution in [-0.4, -0.2) is 69.7 Å². The van der Waals surface area contributed by atoms with Crippen molar-refractivity contribution in [2.45, 2.75) is 39.4 Å². The van der Waals surface area contributed by atoms with E-state index in [0.717, 1.165) is 23.5 Å². The molecule has 2 amide bonds. The number of ether oxygens (including phenoxy) is 1. The van der Waals surface area contributed by atoms with Crippen molar-refractivity contribution in [3.05, 3.63) is 12.7 Å². The molecular weight excluding hydrogens is 350 g/mol. The number of rotatable bonds is 6. The third kappa shape index (κ3) is 4.16. The van der Waals surface area contributed by atoms with E-state index >= 15 is 0 Å². The van der Waals surface area contributed by atoms with Gasteiger partial charge in [-0.05, 0) is 13.8 Å². The fourth-order valence-corrected chi connectivity index (χ4v) is 3.15. The maximum absolute atomic E-state index is 12.2. The van der Waals surface area contributed by atoms with Gasteiger partial charge in [0.2, 0.25) is 11.8 Å². The minimum Gasteiger partial charge on any atom is -0.377 e. The summed E-state index contributed by atoms with van der Waals surface area (Å²) in [6.07, 6.45) is 3.30. The number of carbonyl (C=O) groups excluding carboxylic acids is 2. The van der Waals surface area contributed by atoms with E-state index in [1.807, 2.05) is 11.5 Å². The molecule has 0 aromatic carbocycles. The van der Waals surface area contributed by atoms with Gasteiger partial charge in [0.25, 0.3) is 0 Å². The monoisotopic (exact) mass is 375 g/mol. The van der Waals surface area contributed by atoms with E-state index in [-0.39, 0.29) is 17.9 Å². The first-order valence-electron chi connectivity index (χ1n) is 9.06. The first kappa shape index (κ1) is 19.0. The summed E-state index contributed by atoms with van der Waals surface area (Å²) in [5, 5.41) is 5.45. The SMILES string of the molecule is CCn1cnc2c(N3CCOCC3CNC(=O)C(C)NC(C)=O)ncnc21. The lowest BCUT2D eigenvalue weighted by atomic mass is 10.2. The average Bonchev–Trinajstić information content (AvgIpc) is 3.09. The standard InChI is InChI=1S/C17H25N7O3/c1-4-23-10-21-14-15(23)19-9-20-16(14)24-5-6-27-8-13(24)7-18-17(26)11(2)22-12(3)25/h9-11,13H,4-8H2,1-3H3,(H,18,26)(H,22,25). The largest absolute Gasteiger partial charge is 0.377 e. The maximum Gasteiger partial charge on any atom is 0.242 e. The number of carbonyl (C=O) groups is 2. The highest BCUT2D eigenvalue weighted by molar-refractivity contribution is 5.86. The van der Waals surface area contributed by atoms with Gasteiger partial charge in [-0.2, -0.15) is 0 Å². The van der Waals surface area contributed by atoms with E-state index in [9.17, 15) is 9.59 Å². The number of hydrogen-bond donors (Lipinski definition) is 2. The first-order valence-corrected chi connectivity index (χ1v) is 9.06. The molecule has 1 aliphatic rings. The number of aromatic nitrogens is 4. The van der Waals surface area contributed by atoms with Crippen molar-refractivity contribution >= 4 is 28.8 Å². The number of anilines is 1. The Labute approximate surface area is 157 Å². The zero-order chi connectivity index (χ0) is 19.4. The second kappa shape index (κ2) is 8.30. The van der Waals surface area contributed by atoms with Crippen molar-refractivity contribution in [3.8, 4) is 0 Å². The van der Waals surface area contributed by atoms with E-state index in [0.29, 0.717) is 26.3 Å². The topological polar surface area (TPSA) is 114 Å². The van der Waals surface area contributed by atoms with Crippen LogP contribution < -0.4 is 15.5 Å². The van der Waals surface area contributed by atoms with Crippen molar-refractivity contribution in [2.75, 3.05) is 31.2 Å². The van der Waals surface area contributed by atoms with Crippen molar-refractivity contribution < 1.29 is 14.3 Å². The minimum absolute atomic E-state index is 0.0860. The Kier molecular flexibility index (Phi) is 5.84. The second-order valence-electron chi connectivity index (χ2n) is 6.49. The van der Waals surface area contributed by atoms with E-state index in [2.05, 4.69) is 30.5 Å². The summed E-state index contributed by atoms with van der Waals surface area (Å²) in [5.41, 5.74) is 1.53. The van der Waals surface area contributed by atoms with Crippen LogP contribution in [0.3, 0.4) is 0 Å². The summed E-state index contributed by atoms with van der Waals surface area (Å²) < 4.78 is 7.56. The van der Waals surface area contributed by atoms with Gasteiger partial charge < -0.3 is 24.8 Å². The van der Waals surface area contributed by atoms with Crippen LogP contribution in [0.4, 0.5) is 5.82 Å². The van der Waals surface area contributed by atoms with Crippen LogP contribution in [-0.2, 0) is 20.9 Å². The summed E-state index contributed by atoms with van der Waals surface area (Å²) in [5.74, 6) is 0.263. The van der Waals surface area contributed by atoms with Gasteiger partial charge in [0.15, 0.2) is 17.0 Å². The molecule has 2 N–H and O–H groups in total. The molecule has 0 spiro atoms. The molecule has 0 saturated carbocycles. The van der Waals surface area contributed by atoms with Gasteiger partial charge in [-0.3, -0.25) is 9.59 Å². The van der Waals surface area contributed by atoms with E-state index in [1.165, 1.54) is 13.3 Å². The lowest BCUT2D eigenvalue weighted by Crippen LogP contribution is -2.54. The van der Waals surface area contributed by atoms with Crippen LogP contribution in [0.5, 0.6) is 0 Å². The summed E-state index contributed by atoms with van der Waals surface area (Å²) in [6.45, 7) is 7.91. The zero-order valence-corrected chi connectivity index (χ0v) is 15.8. The fraction of sp³-hybridized carbons (Fsp3) is 0.588. The van der Waals surface area contributed by atoms with Gasteiger partial charge in [0.05, 0.1) is 25.6 Å². The molecule has 2 unspecified atom stereocenters. The molecule has 1 aliphatic heterocycles. The van der Waals surface area contributed by atoms with Gasteiger partial charge in [0, 0.05) is 26.6 Å². The van der Waals surface area contributed by atoms with Crippen molar-refractivity contribution in [3.63, 3.8) is 0 Å². The predicted molar refractivity (Wildman–Crippen MR) is 99.2 cm³/mol. The molecule has 0 aliphatic carbocycles. The minimum atomic E-state index is -0.591. The highest BCUT2D eigenvalue weighted by Crippen LogP contribution is 2.24. The number of morpholine rings is 1. The molecule has 10 nitrogen and oxygen atoms in total. The van der Waals surface area contributed by atoms with Crippen LogP contribution in [0.1, 0.15) is 20.8 Å². The molecule has 3 rings (SSSR count). The van der Waals surface area contributed by atoms with Crippen LogP contribution in [0, 0.1) is 0 Å². The van der Waals surface area contributed by atoms with Crippen molar-refractivity contribution in [2.24, 2.45) is 0 Å². The van der Waals surface area contributed by atoms with Gasteiger partial charge >= 0.3 is 0 Å². The smallest absolute Gasteiger partial charge is 0.242 e. The Morgan fingerprint density at radius 3 is 2.93 bits per heavy atom. The number of hydrogen-bond acceptors (Lipinski definition) is 7. The molecule has 0 radical (unpaired) electrons. The van der Waals surface area contributed by atoms with Crippen molar-refractivity contribution in [1.82, 2.24) is 30.2 Å². The number of aryl methyl sites for hydroxylation is 1. The quantitative estimate of drug-likeness (QED) is 0.712. The number of nitrogens with one attached hydrogen (secondary N) is 2. The van der Waals surface area contributed by atoms with Crippen LogP contribution >= 0.6 is 0 Å². The molecule has 2 atom stereocenters. The summed E-state index contributed by atoms with van der Waals surface area (Å²) in [6, 6.07) is -0.677. The van der Waals surface area contributed by atoms with Gasteiger partial charge in [-0.1, -0.05) is 0 Å². The first-order chi connectivity index (χ1) is 13.0. The molecule has 1 saturated heterocycles. The Balaban J connectivity index is 1.75. The number of fused-ring (bicyclic) bond motifs is 1. The van der Waals surface area contributed by atoms with Crippen molar-refractivity contribution in [1.29, 1.82) is 0 Å². The molecule has 10 heteroatoms. The normalized spacial score (nSPS) is 18.3. The van der Waals surface area contributed by atoms with Crippen LogP contribution in [0.25, 0.3) is 11.2 Å². The molecule has 27 heavy (non-hydrogen) atoms. The third-order valence-electron chi connectivity index (χ3n) is 4.55. The van der Waals surface area contributed by atoms with Gasteiger partial charge in [0.1, 0.15) is 12.4 Å². The van der Waals surface area contributed by atoms with Crippen LogP contribution in [0.15, 0.2) is 12.7 Å². The Morgan fingerprint density at radius 1 is 1.37 bits per heavy atom. The third-order valence-corrected chi connectivity index (χ3v) is 4.55. The molecule has 146 valence electrons. The average molecular weight is 375 g/mol. The van der Waals surface area contributed by atoms with Crippen LogP contribution in [0.2, 0.25) is 0 Å². The Bertz CT molecular complexity index is 822. The predicted octanol–water partition coefficient (Wildman–Crippen LogP) is -0.308. The van der Waals surface area contributed by atoms with E-state index in [1.54, 1.807) is 13.3 Å².